The van der Waals surface area contributed by atoms with Crippen LogP contribution >= 0.6 is 0 Å². The number of nitrogens with zero attached hydrogens (tertiary/aromatic N) is 3. The van der Waals surface area contributed by atoms with E-state index < -0.39 is 0 Å². The molecule has 0 saturated heterocycles. The lowest BCUT2D eigenvalue weighted by atomic mass is 10.1. The van der Waals surface area contributed by atoms with Gasteiger partial charge in [0, 0.05) is 38.5 Å². The number of hydrogen-bond donors (Lipinski definition) is 1. The number of benzene rings is 1. The number of anilines is 2. The average molecular weight is 234 g/mol. The van der Waals surface area contributed by atoms with Crippen LogP contribution in [0.15, 0.2) is 24.3 Å². The van der Waals surface area contributed by atoms with Crippen molar-refractivity contribution in [1.29, 1.82) is 0 Å². The first kappa shape index (κ1) is 11.4. The van der Waals surface area contributed by atoms with E-state index in [1.807, 2.05) is 19.0 Å². The zero-order valence-electron chi connectivity index (χ0n) is 10.1. The molecule has 17 heavy (non-hydrogen) atoms. The average Bonchev–Trinajstić information content (AvgIpc) is 2.59. The van der Waals surface area contributed by atoms with Gasteiger partial charge in [-0.25, -0.2) is 4.39 Å². The van der Waals surface area contributed by atoms with E-state index in [9.17, 15) is 4.39 Å². The van der Waals surface area contributed by atoms with Crippen molar-refractivity contribution in [1.82, 2.24) is 9.78 Å². The molecule has 5 heteroatoms. The van der Waals surface area contributed by atoms with Gasteiger partial charge in [0.25, 0.3) is 0 Å². The summed E-state index contributed by atoms with van der Waals surface area (Å²) in [5.74, 6) is 0.315. The first-order chi connectivity index (χ1) is 7.99. The van der Waals surface area contributed by atoms with Crippen LogP contribution in [-0.2, 0) is 7.05 Å². The highest BCUT2D eigenvalue weighted by Gasteiger charge is 2.12. The SMILES string of the molecule is CN(C)c1cc(F)ccc1-c1cc(N)n(C)n1. The normalized spacial score (nSPS) is 10.6. The first-order valence-electron chi connectivity index (χ1n) is 5.26. The Kier molecular flexibility index (Phi) is 2.75. The molecule has 0 saturated carbocycles. The fraction of sp³-hybridized carbons (Fsp3) is 0.250. The Labute approximate surface area is 99.5 Å². The molecule has 2 aromatic rings. The van der Waals surface area contributed by atoms with Crippen molar-refractivity contribution in [3.05, 3.63) is 30.1 Å². The van der Waals surface area contributed by atoms with E-state index in [4.69, 9.17) is 5.73 Å². The predicted molar refractivity (Wildman–Crippen MR) is 67.3 cm³/mol. The minimum atomic E-state index is -0.263. The quantitative estimate of drug-likeness (QED) is 0.863. The molecule has 0 spiro atoms. The first-order valence-corrected chi connectivity index (χ1v) is 5.26. The van der Waals surface area contributed by atoms with Crippen LogP contribution in [0.2, 0.25) is 0 Å². The van der Waals surface area contributed by atoms with Gasteiger partial charge in [0.05, 0.1) is 5.69 Å². The molecule has 0 atom stereocenters. The Bertz CT molecular complexity index is 526. The third-order valence-corrected chi connectivity index (χ3v) is 2.63. The summed E-state index contributed by atoms with van der Waals surface area (Å²) >= 11 is 0. The van der Waals surface area contributed by atoms with Gasteiger partial charge in [-0.2, -0.15) is 5.10 Å². The van der Waals surface area contributed by atoms with Crippen LogP contribution in [0.25, 0.3) is 11.3 Å². The summed E-state index contributed by atoms with van der Waals surface area (Å²) in [6, 6.07) is 6.40. The van der Waals surface area contributed by atoms with E-state index in [0.29, 0.717) is 5.82 Å². The smallest absolute Gasteiger partial charge is 0.125 e. The molecular formula is C12H15FN4. The van der Waals surface area contributed by atoms with Crippen molar-refractivity contribution in [3.63, 3.8) is 0 Å². The number of nitrogen functional groups attached to an aromatic ring is 1. The van der Waals surface area contributed by atoms with Gasteiger partial charge in [-0.3, -0.25) is 4.68 Å². The monoisotopic (exact) mass is 234 g/mol. The molecule has 2 N–H and O–H groups in total. The van der Waals surface area contributed by atoms with Gasteiger partial charge >= 0.3 is 0 Å². The maximum atomic E-state index is 13.2. The number of aromatic nitrogens is 2. The van der Waals surface area contributed by atoms with Crippen LogP contribution in [0.5, 0.6) is 0 Å². The van der Waals surface area contributed by atoms with Crippen molar-refractivity contribution < 1.29 is 4.39 Å². The number of rotatable bonds is 2. The molecule has 1 heterocycles. The highest BCUT2D eigenvalue weighted by molar-refractivity contribution is 5.77. The third-order valence-electron chi connectivity index (χ3n) is 2.63. The fourth-order valence-electron chi connectivity index (χ4n) is 1.70. The molecule has 0 bridgehead atoms. The fourth-order valence-corrected chi connectivity index (χ4v) is 1.70. The van der Waals surface area contributed by atoms with E-state index in [2.05, 4.69) is 5.10 Å². The lowest BCUT2D eigenvalue weighted by molar-refractivity contribution is 0.628. The molecule has 0 aliphatic carbocycles. The van der Waals surface area contributed by atoms with Gasteiger partial charge < -0.3 is 10.6 Å². The Morgan fingerprint density at radius 2 is 2.00 bits per heavy atom. The minimum Gasteiger partial charge on any atom is -0.384 e. The van der Waals surface area contributed by atoms with E-state index in [0.717, 1.165) is 16.9 Å². The van der Waals surface area contributed by atoms with Crippen molar-refractivity contribution >= 4 is 11.5 Å². The van der Waals surface area contributed by atoms with Crippen LogP contribution in [0, 0.1) is 5.82 Å². The molecular weight excluding hydrogens is 219 g/mol. The van der Waals surface area contributed by atoms with Crippen LogP contribution in [0.4, 0.5) is 15.9 Å². The molecule has 0 fully saturated rings. The Morgan fingerprint density at radius 3 is 2.53 bits per heavy atom. The van der Waals surface area contributed by atoms with Gasteiger partial charge in [0.15, 0.2) is 0 Å². The largest absolute Gasteiger partial charge is 0.384 e. The van der Waals surface area contributed by atoms with E-state index >= 15 is 0 Å². The lowest BCUT2D eigenvalue weighted by Crippen LogP contribution is -2.10. The number of nitrogens with two attached hydrogens (primary N) is 1. The maximum absolute atomic E-state index is 13.2. The summed E-state index contributed by atoms with van der Waals surface area (Å²) in [5, 5.41) is 4.30. The topological polar surface area (TPSA) is 47.1 Å². The molecule has 0 amide bonds. The van der Waals surface area contributed by atoms with Gasteiger partial charge in [-0.15, -0.1) is 0 Å². The van der Waals surface area contributed by atoms with Crippen molar-refractivity contribution in [2.45, 2.75) is 0 Å². The Morgan fingerprint density at radius 1 is 1.29 bits per heavy atom. The lowest BCUT2D eigenvalue weighted by Gasteiger charge is -2.16. The van der Waals surface area contributed by atoms with Gasteiger partial charge in [0.2, 0.25) is 0 Å². The Hall–Kier alpha value is -2.04. The molecule has 0 aliphatic heterocycles. The molecule has 0 radical (unpaired) electrons. The second kappa shape index (κ2) is 4.08. The number of halogens is 1. The van der Waals surface area contributed by atoms with Gasteiger partial charge in [-0.05, 0) is 18.2 Å². The number of hydrogen-bond acceptors (Lipinski definition) is 3. The van der Waals surface area contributed by atoms with Gasteiger partial charge in [-0.1, -0.05) is 0 Å². The van der Waals surface area contributed by atoms with Crippen molar-refractivity contribution in [2.75, 3.05) is 24.7 Å². The zero-order valence-corrected chi connectivity index (χ0v) is 10.1. The van der Waals surface area contributed by atoms with E-state index in [1.165, 1.54) is 12.1 Å². The molecule has 1 aromatic carbocycles. The van der Waals surface area contributed by atoms with Crippen LogP contribution in [0.3, 0.4) is 0 Å². The molecule has 1 aromatic heterocycles. The molecule has 90 valence electrons. The van der Waals surface area contributed by atoms with Gasteiger partial charge in [0.1, 0.15) is 11.6 Å². The minimum absolute atomic E-state index is 0.263. The third kappa shape index (κ3) is 2.08. The summed E-state index contributed by atoms with van der Waals surface area (Å²) in [6.45, 7) is 0. The Balaban J connectivity index is 2.58. The molecule has 0 unspecified atom stereocenters. The van der Waals surface area contributed by atoms with Crippen LogP contribution in [-0.4, -0.2) is 23.9 Å². The van der Waals surface area contributed by atoms with Crippen molar-refractivity contribution in [2.24, 2.45) is 7.05 Å². The zero-order chi connectivity index (χ0) is 12.6. The van der Waals surface area contributed by atoms with Crippen molar-refractivity contribution in [3.8, 4) is 11.3 Å². The highest BCUT2D eigenvalue weighted by atomic mass is 19.1. The molecule has 4 nitrogen and oxygen atoms in total. The predicted octanol–water partition coefficient (Wildman–Crippen LogP) is 1.87. The maximum Gasteiger partial charge on any atom is 0.125 e. The molecule has 0 aliphatic rings. The summed E-state index contributed by atoms with van der Waals surface area (Å²) < 4.78 is 14.8. The second-order valence-electron chi connectivity index (χ2n) is 4.13. The standard InChI is InChI=1S/C12H15FN4/c1-16(2)11-6-8(13)4-5-9(11)10-7-12(14)17(3)15-10/h4-7H,14H2,1-3H3. The summed E-state index contributed by atoms with van der Waals surface area (Å²) in [5.41, 5.74) is 8.14. The summed E-state index contributed by atoms with van der Waals surface area (Å²) in [7, 11) is 5.51. The molecule has 2 rings (SSSR count). The van der Waals surface area contributed by atoms with Crippen LogP contribution < -0.4 is 10.6 Å². The van der Waals surface area contributed by atoms with E-state index in [-0.39, 0.29) is 5.82 Å². The highest BCUT2D eigenvalue weighted by Crippen LogP contribution is 2.30. The second-order valence-corrected chi connectivity index (χ2v) is 4.13. The van der Waals surface area contributed by atoms with E-state index in [1.54, 1.807) is 23.9 Å². The summed E-state index contributed by atoms with van der Waals surface area (Å²) in [4.78, 5) is 1.85. The number of aryl methyl sites for hydroxylation is 1. The van der Waals surface area contributed by atoms with Crippen LogP contribution in [0.1, 0.15) is 0 Å². The summed E-state index contributed by atoms with van der Waals surface area (Å²) in [6.07, 6.45) is 0.